The van der Waals surface area contributed by atoms with Crippen molar-refractivity contribution < 1.29 is 4.79 Å². The van der Waals surface area contributed by atoms with Crippen LogP contribution < -0.4 is 10.9 Å². The second-order valence-electron chi connectivity index (χ2n) is 6.69. The molecule has 1 aromatic heterocycles. The molecule has 0 bridgehead atoms. The van der Waals surface area contributed by atoms with Gasteiger partial charge in [0, 0.05) is 17.8 Å². The Morgan fingerprint density at radius 1 is 1.22 bits per heavy atom. The molecular weight excluding hydrogens is 358 g/mol. The van der Waals surface area contributed by atoms with Crippen molar-refractivity contribution in [2.45, 2.75) is 25.8 Å². The van der Waals surface area contributed by atoms with Crippen LogP contribution >= 0.6 is 12.2 Å². The molecule has 27 heavy (non-hydrogen) atoms. The summed E-state index contributed by atoms with van der Waals surface area (Å²) < 4.78 is 1.75. The number of nitrogens with one attached hydrogen (secondary N) is 2. The lowest BCUT2D eigenvalue weighted by molar-refractivity contribution is 0.102. The molecule has 136 valence electrons. The standard InChI is InChI=1S/C21H19N3O2S/c1-2-10-24-20(26)17-9-7-15(12-18(17)23-21(24)27)19(25)22-16-8-6-13-4-3-5-14(13)11-16/h2,6-9,11-12H,1,3-5,10H2,(H,22,25)(H,23,27). The van der Waals surface area contributed by atoms with Crippen LogP contribution in [0.4, 0.5) is 5.69 Å². The van der Waals surface area contributed by atoms with Gasteiger partial charge in [-0.15, -0.1) is 6.58 Å². The molecule has 0 saturated heterocycles. The lowest BCUT2D eigenvalue weighted by Crippen LogP contribution is -2.22. The van der Waals surface area contributed by atoms with Gasteiger partial charge in [-0.05, 0) is 72.9 Å². The van der Waals surface area contributed by atoms with Crippen LogP contribution in [0.25, 0.3) is 10.9 Å². The van der Waals surface area contributed by atoms with Crippen LogP contribution in [0.1, 0.15) is 27.9 Å². The van der Waals surface area contributed by atoms with E-state index in [4.69, 9.17) is 12.2 Å². The first-order valence-corrected chi connectivity index (χ1v) is 9.28. The second kappa shape index (κ2) is 6.96. The summed E-state index contributed by atoms with van der Waals surface area (Å²) in [6, 6.07) is 11.0. The average Bonchev–Trinajstić information content (AvgIpc) is 3.12. The predicted molar refractivity (Wildman–Crippen MR) is 110 cm³/mol. The number of fused-ring (bicyclic) bond motifs is 2. The molecule has 1 aliphatic carbocycles. The fraction of sp³-hybridized carbons (Fsp3) is 0.190. The van der Waals surface area contributed by atoms with Crippen molar-refractivity contribution >= 4 is 34.7 Å². The largest absolute Gasteiger partial charge is 0.332 e. The van der Waals surface area contributed by atoms with Crippen LogP contribution in [0, 0.1) is 4.77 Å². The number of allylic oxidation sites excluding steroid dienone is 1. The van der Waals surface area contributed by atoms with Gasteiger partial charge in [0.05, 0.1) is 10.9 Å². The first-order valence-electron chi connectivity index (χ1n) is 8.88. The molecule has 0 saturated carbocycles. The molecule has 0 aliphatic heterocycles. The number of anilines is 1. The third kappa shape index (κ3) is 3.24. The molecule has 5 nitrogen and oxygen atoms in total. The van der Waals surface area contributed by atoms with Crippen molar-refractivity contribution in [3.05, 3.63) is 80.9 Å². The Kier molecular flexibility index (Phi) is 4.49. The lowest BCUT2D eigenvalue weighted by atomic mass is 10.1. The Labute approximate surface area is 161 Å². The van der Waals surface area contributed by atoms with Crippen molar-refractivity contribution in [2.75, 3.05) is 5.32 Å². The van der Waals surface area contributed by atoms with Crippen LogP contribution in [0.2, 0.25) is 0 Å². The molecule has 0 spiro atoms. The number of aryl methyl sites for hydroxylation is 2. The van der Waals surface area contributed by atoms with E-state index in [1.807, 2.05) is 12.1 Å². The third-order valence-corrected chi connectivity index (χ3v) is 5.23. The van der Waals surface area contributed by atoms with Crippen molar-refractivity contribution in [2.24, 2.45) is 0 Å². The zero-order chi connectivity index (χ0) is 19.0. The Morgan fingerprint density at radius 3 is 2.85 bits per heavy atom. The van der Waals surface area contributed by atoms with Gasteiger partial charge in [-0.2, -0.15) is 0 Å². The maximum atomic E-state index is 12.6. The first-order chi connectivity index (χ1) is 13.1. The van der Waals surface area contributed by atoms with Gasteiger partial charge >= 0.3 is 0 Å². The average molecular weight is 377 g/mol. The number of nitrogens with zero attached hydrogens (tertiary/aromatic N) is 1. The van der Waals surface area contributed by atoms with Gasteiger partial charge in [-0.3, -0.25) is 14.2 Å². The molecule has 0 unspecified atom stereocenters. The topological polar surface area (TPSA) is 66.9 Å². The molecule has 0 atom stereocenters. The highest BCUT2D eigenvalue weighted by molar-refractivity contribution is 7.71. The number of amides is 1. The molecule has 0 radical (unpaired) electrons. The van der Waals surface area contributed by atoms with Crippen LogP contribution in [-0.4, -0.2) is 15.5 Å². The van der Waals surface area contributed by atoms with Gasteiger partial charge in [0.2, 0.25) is 0 Å². The fourth-order valence-electron chi connectivity index (χ4n) is 3.54. The molecular formula is C21H19N3O2S. The normalized spacial score (nSPS) is 12.7. The number of hydrogen-bond donors (Lipinski definition) is 2. The molecule has 1 amide bonds. The summed E-state index contributed by atoms with van der Waals surface area (Å²) in [7, 11) is 0. The maximum absolute atomic E-state index is 12.6. The van der Waals surface area contributed by atoms with Crippen molar-refractivity contribution in [3.8, 4) is 0 Å². The van der Waals surface area contributed by atoms with E-state index in [1.54, 1.807) is 24.3 Å². The molecule has 2 N–H and O–H groups in total. The number of aromatic amines is 1. The van der Waals surface area contributed by atoms with Crippen molar-refractivity contribution in [1.82, 2.24) is 9.55 Å². The highest BCUT2D eigenvalue weighted by Gasteiger charge is 2.13. The number of rotatable bonds is 4. The van der Waals surface area contributed by atoms with Crippen LogP contribution in [0.3, 0.4) is 0 Å². The van der Waals surface area contributed by atoms with Crippen molar-refractivity contribution in [1.29, 1.82) is 0 Å². The maximum Gasteiger partial charge on any atom is 0.262 e. The summed E-state index contributed by atoms with van der Waals surface area (Å²) in [6.07, 6.45) is 4.95. The quantitative estimate of drug-likeness (QED) is 0.534. The monoisotopic (exact) mass is 377 g/mol. The fourth-order valence-corrected chi connectivity index (χ4v) is 3.81. The highest BCUT2D eigenvalue weighted by Crippen LogP contribution is 2.25. The van der Waals surface area contributed by atoms with Crippen LogP contribution in [-0.2, 0) is 19.4 Å². The molecule has 3 aromatic rings. The minimum atomic E-state index is -0.218. The molecule has 6 heteroatoms. The van der Waals surface area contributed by atoms with Gasteiger partial charge in [0.1, 0.15) is 0 Å². The van der Waals surface area contributed by atoms with E-state index in [0.29, 0.717) is 27.8 Å². The molecule has 1 heterocycles. The Morgan fingerprint density at radius 2 is 2.04 bits per heavy atom. The first kappa shape index (κ1) is 17.4. The van der Waals surface area contributed by atoms with E-state index in [9.17, 15) is 9.59 Å². The van der Waals surface area contributed by atoms with Crippen LogP contribution in [0.15, 0.2) is 53.8 Å². The van der Waals surface area contributed by atoms with E-state index >= 15 is 0 Å². The Bertz CT molecular complexity index is 1190. The van der Waals surface area contributed by atoms with Crippen molar-refractivity contribution in [3.63, 3.8) is 0 Å². The third-order valence-electron chi connectivity index (χ3n) is 4.91. The smallest absolute Gasteiger partial charge is 0.262 e. The molecule has 1 aliphatic rings. The summed E-state index contributed by atoms with van der Waals surface area (Å²) >= 11 is 5.25. The number of carbonyl (C=O) groups excluding carboxylic acids is 1. The number of benzene rings is 2. The van der Waals surface area contributed by atoms with Gasteiger partial charge in [-0.1, -0.05) is 12.1 Å². The summed E-state index contributed by atoms with van der Waals surface area (Å²) in [6.45, 7) is 3.98. The van der Waals surface area contributed by atoms with Gasteiger partial charge in [0.15, 0.2) is 4.77 Å². The number of carbonyl (C=O) groups is 1. The summed E-state index contributed by atoms with van der Waals surface area (Å²) in [5, 5.41) is 3.42. The SMILES string of the molecule is C=CCn1c(=S)[nH]c2cc(C(=O)Nc3ccc4c(c3)CCC4)ccc2c1=O. The molecule has 0 fully saturated rings. The number of hydrogen-bond acceptors (Lipinski definition) is 3. The lowest BCUT2D eigenvalue weighted by Gasteiger charge is -2.09. The van der Waals surface area contributed by atoms with Gasteiger partial charge in [-0.25, -0.2) is 0 Å². The molecule has 2 aromatic carbocycles. The van der Waals surface area contributed by atoms with Crippen LogP contribution in [0.5, 0.6) is 0 Å². The summed E-state index contributed by atoms with van der Waals surface area (Å²) in [4.78, 5) is 28.2. The van der Waals surface area contributed by atoms with E-state index in [-0.39, 0.29) is 11.5 Å². The predicted octanol–water partition coefficient (Wildman–Crippen LogP) is 3.99. The highest BCUT2D eigenvalue weighted by atomic mass is 32.1. The minimum Gasteiger partial charge on any atom is -0.332 e. The van der Waals surface area contributed by atoms with Gasteiger partial charge < -0.3 is 10.3 Å². The number of aromatic nitrogens is 2. The second-order valence-corrected chi connectivity index (χ2v) is 7.07. The minimum absolute atomic E-state index is 0.195. The van der Waals surface area contributed by atoms with E-state index in [1.165, 1.54) is 22.1 Å². The van der Waals surface area contributed by atoms with E-state index < -0.39 is 0 Å². The Balaban J connectivity index is 1.66. The van der Waals surface area contributed by atoms with Gasteiger partial charge in [0.25, 0.3) is 11.5 Å². The number of H-pyrrole nitrogens is 1. The Hall–Kier alpha value is -2.99. The van der Waals surface area contributed by atoms with E-state index in [2.05, 4.69) is 22.9 Å². The van der Waals surface area contributed by atoms with E-state index in [0.717, 1.165) is 18.5 Å². The zero-order valence-electron chi connectivity index (χ0n) is 14.7. The molecule has 4 rings (SSSR count). The summed E-state index contributed by atoms with van der Waals surface area (Å²) in [5.41, 5.74) is 4.27. The zero-order valence-corrected chi connectivity index (χ0v) is 15.6. The summed E-state index contributed by atoms with van der Waals surface area (Å²) in [5.74, 6) is -0.218.